The fourth-order valence-electron chi connectivity index (χ4n) is 6.72. The molecule has 1 aliphatic carbocycles. The van der Waals surface area contributed by atoms with Crippen LogP contribution in [0.15, 0.2) is 24.3 Å². The zero-order valence-electron chi connectivity index (χ0n) is 25.3. The van der Waals surface area contributed by atoms with E-state index in [0.717, 1.165) is 30.3 Å². The number of aryl methyl sites for hydroxylation is 1. The average molecular weight is 584 g/mol. The van der Waals surface area contributed by atoms with Crippen molar-refractivity contribution in [1.82, 2.24) is 24.3 Å². The molecule has 1 aromatic carbocycles. The minimum atomic E-state index is -1.06. The first-order chi connectivity index (χ1) is 20.1. The number of benzene rings is 1. The van der Waals surface area contributed by atoms with E-state index < -0.39 is 29.5 Å². The van der Waals surface area contributed by atoms with E-state index in [1.54, 1.807) is 12.0 Å². The smallest absolute Gasteiger partial charge is 0.407 e. The Balaban J connectivity index is 1.55. The first-order valence-electron chi connectivity index (χ1n) is 15.2. The van der Waals surface area contributed by atoms with Crippen molar-refractivity contribution in [3.05, 3.63) is 30.1 Å². The van der Waals surface area contributed by atoms with Gasteiger partial charge in [-0.25, -0.2) is 9.78 Å². The Bertz CT molecular complexity index is 1280. The maximum absolute atomic E-state index is 14.7. The molecule has 2 saturated heterocycles. The number of para-hydroxylation sites is 2. The number of hydrogen-bond donors (Lipinski definition) is 1. The number of morpholine rings is 1. The molecule has 1 unspecified atom stereocenters. The molecule has 42 heavy (non-hydrogen) atoms. The van der Waals surface area contributed by atoms with Gasteiger partial charge in [0, 0.05) is 46.4 Å². The third-order valence-electron chi connectivity index (χ3n) is 8.84. The van der Waals surface area contributed by atoms with Crippen molar-refractivity contribution in [3.63, 3.8) is 0 Å². The van der Waals surface area contributed by atoms with Crippen LogP contribution < -0.4 is 0 Å². The lowest BCUT2D eigenvalue weighted by Gasteiger charge is -2.52. The maximum Gasteiger partial charge on any atom is 0.407 e. The molecule has 11 heteroatoms. The Labute approximate surface area is 247 Å². The highest BCUT2D eigenvalue weighted by atomic mass is 16.5. The molecule has 3 aliphatic rings. The Kier molecular flexibility index (Phi) is 9.08. The minimum Gasteiger partial charge on any atom is -0.465 e. The molecule has 1 saturated carbocycles. The molecule has 1 N–H and O–H groups in total. The van der Waals surface area contributed by atoms with Crippen LogP contribution in [-0.4, -0.2) is 112 Å². The van der Waals surface area contributed by atoms with E-state index in [1.165, 1.54) is 4.90 Å². The fourth-order valence-corrected chi connectivity index (χ4v) is 6.72. The second-order valence-corrected chi connectivity index (χ2v) is 13.0. The van der Waals surface area contributed by atoms with Crippen LogP contribution in [0.2, 0.25) is 0 Å². The van der Waals surface area contributed by atoms with E-state index in [0.29, 0.717) is 64.2 Å². The number of imidazole rings is 1. The molecular weight excluding hydrogens is 538 g/mol. The van der Waals surface area contributed by atoms with Gasteiger partial charge in [-0.3, -0.25) is 9.59 Å². The van der Waals surface area contributed by atoms with Crippen molar-refractivity contribution in [2.24, 2.45) is 17.3 Å². The van der Waals surface area contributed by atoms with Crippen molar-refractivity contribution in [1.29, 1.82) is 0 Å². The van der Waals surface area contributed by atoms with Crippen molar-refractivity contribution in [3.8, 4) is 0 Å². The van der Waals surface area contributed by atoms with Gasteiger partial charge >= 0.3 is 6.09 Å². The monoisotopic (exact) mass is 583 g/mol. The second kappa shape index (κ2) is 12.6. The number of ether oxygens (including phenoxy) is 2. The van der Waals surface area contributed by atoms with Crippen LogP contribution in [-0.2, 0) is 20.8 Å². The summed E-state index contributed by atoms with van der Waals surface area (Å²) in [6, 6.07) is 6.76. The topological polar surface area (TPSA) is 117 Å². The molecule has 3 fully saturated rings. The summed E-state index contributed by atoms with van der Waals surface area (Å²) >= 11 is 0. The number of rotatable bonds is 9. The normalized spacial score (nSPS) is 23.3. The number of carboxylic acid groups (broad SMARTS) is 1. The zero-order chi connectivity index (χ0) is 30.0. The summed E-state index contributed by atoms with van der Waals surface area (Å²) in [5.41, 5.74) is 1.15. The predicted octanol–water partition coefficient (Wildman–Crippen LogP) is 3.57. The number of fused-ring (bicyclic) bond motifs is 1. The molecule has 11 nitrogen and oxygen atoms in total. The van der Waals surface area contributed by atoms with Crippen LogP contribution in [0.5, 0.6) is 0 Å². The van der Waals surface area contributed by atoms with Gasteiger partial charge in [0.1, 0.15) is 0 Å². The molecule has 2 aromatic rings. The highest BCUT2D eigenvalue weighted by Gasteiger charge is 2.51. The van der Waals surface area contributed by atoms with Crippen LogP contribution in [0.3, 0.4) is 0 Å². The number of amides is 3. The van der Waals surface area contributed by atoms with Crippen molar-refractivity contribution in [2.45, 2.75) is 65.1 Å². The summed E-state index contributed by atoms with van der Waals surface area (Å²) in [7, 11) is 1.66. The van der Waals surface area contributed by atoms with E-state index in [9.17, 15) is 19.5 Å². The highest BCUT2D eigenvalue weighted by Crippen LogP contribution is 2.40. The molecule has 0 bridgehead atoms. The van der Waals surface area contributed by atoms with Crippen molar-refractivity contribution < 1.29 is 29.0 Å². The molecular formula is C31H45N5O6. The number of methoxy groups -OCH3 is 1. The summed E-state index contributed by atoms with van der Waals surface area (Å²) in [5, 5.41) is 10.4. The SMILES string of the molecule is COCCCn1c(C(=O)N(CC2CC2)[C@H]2C[C@@H](C(=O)N3CCOCC3)CN(C(=O)O)C2C(C)(C)C)nc2ccccc21. The molecule has 5 rings (SSSR count). The van der Waals surface area contributed by atoms with Crippen LogP contribution in [0.25, 0.3) is 11.0 Å². The van der Waals surface area contributed by atoms with Gasteiger partial charge in [0.15, 0.2) is 5.82 Å². The van der Waals surface area contributed by atoms with Gasteiger partial charge < -0.3 is 33.8 Å². The molecule has 230 valence electrons. The number of aromatic nitrogens is 2. The van der Waals surface area contributed by atoms with Gasteiger partial charge in [-0.05, 0) is 49.1 Å². The maximum atomic E-state index is 14.7. The average Bonchev–Trinajstić information content (AvgIpc) is 3.73. The third-order valence-corrected chi connectivity index (χ3v) is 8.84. The van der Waals surface area contributed by atoms with Crippen LogP contribution in [0, 0.1) is 17.3 Å². The first-order valence-corrected chi connectivity index (χ1v) is 15.2. The Hall–Kier alpha value is -3.18. The highest BCUT2D eigenvalue weighted by molar-refractivity contribution is 5.95. The summed E-state index contributed by atoms with van der Waals surface area (Å²) in [6.07, 6.45) is 2.12. The number of piperidine rings is 1. The van der Waals surface area contributed by atoms with Crippen LogP contribution in [0.1, 0.15) is 57.1 Å². The summed E-state index contributed by atoms with van der Waals surface area (Å²) in [5.74, 6) is -0.108. The number of nitrogens with zero attached hydrogens (tertiary/aromatic N) is 5. The third kappa shape index (κ3) is 6.41. The first kappa shape index (κ1) is 30.3. The molecule has 3 heterocycles. The van der Waals surface area contributed by atoms with Gasteiger partial charge in [-0.15, -0.1) is 0 Å². The van der Waals surface area contributed by atoms with Crippen LogP contribution in [0.4, 0.5) is 4.79 Å². The lowest BCUT2D eigenvalue weighted by molar-refractivity contribution is -0.144. The number of carbonyl (C=O) groups is 3. The lowest BCUT2D eigenvalue weighted by atomic mass is 9.74. The fraction of sp³-hybridized carbons (Fsp3) is 0.677. The summed E-state index contributed by atoms with van der Waals surface area (Å²) in [4.78, 5) is 51.1. The van der Waals surface area contributed by atoms with Gasteiger partial charge in [-0.1, -0.05) is 32.9 Å². The number of hydrogen-bond acceptors (Lipinski definition) is 6. The van der Waals surface area contributed by atoms with E-state index in [2.05, 4.69) is 0 Å². The van der Waals surface area contributed by atoms with Crippen molar-refractivity contribution in [2.75, 3.05) is 53.1 Å². The van der Waals surface area contributed by atoms with Gasteiger partial charge in [-0.2, -0.15) is 0 Å². The van der Waals surface area contributed by atoms with Gasteiger partial charge in [0.2, 0.25) is 5.91 Å². The van der Waals surface area contributed by atoms with Crippen LogP contribution >= 0.6 is 0 Å². The van der Waals surface area contributed by atoms with Gasteiger partial charge in [0.05, 0.1) is 42.2 Å². The predicted molar refractivity (Wildman–Crippen MR) is 157 cm³/mol. The Morgan fingerprint density at radius 3 is 2.50 bits per heavy atom. The molecule has 1 aromatic heterocycles. The van der Waals surface area contributed by atoms with E-state index in [4.69, 9.17) is 14.5 Å². The zero-order valence-corrected chi connectivity index (χ0v) is 25.3. The lowest BCUT2D eigenvalue weighted by Crippen LogP contribution is -2.66. The summed E-state index contributed by atoms with van der Waals surface area (Å²) < 4.78 is 12.7. The van der Waals surface area contributed by atoms with Crippen molar-refractivity contribution >= 4 is 28.9 Å². The largest absolute Gasteiger partial charge is 0.465 e. The quantitative estimate of drug-likeness (QED) is 0.449. The van der Waals surface area contributed by atoms with E-state index in [1.807, 2.05) is 54.5 Å². The minimum absolute atomic E-state index is 0.0625. The Morgan fingerprint density at radius 1 is 1.14 bits per heavy atom. The van der Waals surface area contributed by atoms with E-state index >= 15 is 0 Å². The molecule has 3 amide bonds. The Morgan fingerprint density at radius 2 is 1.86 bits per heavy atom. The van der Waals surface area contributed by atoms with Gasteiger partial charge in [0.25, 0.3) is 5.91 Å². The molecule has 2 aliphatic heterocycles. The molecule has 0 spiro atoms. The second-order valence-electron chi connectivity index (χ2n) is 13.0. The standard InChI is InChI=1S/C31H45N5O6/c1-31(2,3)26-25(18-22(20-36(26)30(39)40)28(37)33-13-16-42-17-14-33)35(19-21-10-11-21)29(38)27-32-23-8-5-6-9-24(23)34(27)12-7-15-41-4/h5-6,8-9,21-22,25-26H,7,10-20H2,1-4H3,(H,39,40)/t22-,25+,26?/m1/s1. The van der Waals surface area contributed by atoms with E-state index in [-0.39, 0.29) is 18.4 Å². The molecule has 3 atom stereocenters. The summed E-state index contributed by atoms with van der Waals surface area (Å²) in [6.45, 7) is 9.74. The molecule has 0 radical (unpaired) electrons. The number of carbonyl (C=O) groups excluding carboxylic acids is 2. The number of likely N-dealkylation sites (tertiary alicyclic amines) is 1.